The van der Waals surface area contributed by atoms with Crippen LogP contribution in [0.15, 0.2) is 33.2 Å². The van der Waals surface area contributed by atoms with Crippen LogP contribution in [0.3, 0.4) is 0 Å². The molecule has 0 aliphatic carbocycles. The van der Waals surface area contributed by atoms with Crippen LogP contribution in [0.1, 0.15) is 55.1 Å². The van der Waals surface area contributed by atoms with Gasteiger partial charge in [-0.15, -0.1) is 0 Å². The molecule has 0 spiro atoms. The molecule has 0 saturated carbocycles. The van der Waals surface area contributed by atoms with Gasteiger partial charge in [-0.25, -0.2) is 13.6 Å². The molecule has 2 unspecified atom stereocenters. The standard InChI is InChI=1S/C17H20BrFN2O3.C12H12BrFN2O/c1-17(2,3)24-16(23)20-8-13-10-4-5-12(18)15(19)11(10)6-7-21(13)14(22)9-20;13-9-2-1-7-8(12(9)14)3-4-16-10(7)5-15-6-11(16)17/h4-5,13H,6-9H2,1-3H3;1-2,10,15H,3-6H2. The van der Waals surface area contributed by atoms with Crippen LogP contribution in [-0.4, -0.2) is 77.5 Å². The predicted octanol–water partition coefficient (Wildman–Crippen LogP) is 4.88. The first-order valence-corrected chi connectivity index (χ1v) is 15.2. The van der Waals surface area contributed by atoms with Crippen molar-refractivity contribution in [2.45, 2.75) is 51.3 Å². The van der Waals surface area contributed by atoms with Gasteiger partial charge in [-0.1, -0.05) is 12.1 Å². The fourth-order valence-electron chi connectivity index (χ4n) is 5.88. The van der Waals surface area contributed by atoms with E-state index in [1.54, 1.807) is 37.8 Å². The SMILES string of the molecule is CC(C)(C)OC(=O)N1CC(=O)N2CCc3c(ccc(Br)c3F)C2C1.O=C1CNCC2c3ccc(Br)c(F)c3CCN12. The van der Waals surface area contributed by atoms with E-state index < -0.39 is 11.7 Å². The Hall–Kier alpha value is -2.57. The number of ether oxygens (including phenoxy) is 1. The maximum Gasteiger partial charge on any atom is 0.410 e. The summed E-state index contributed by atoms with van der Waals surface area (Å²) in [6, 6.07) is 6.77. The minimum absolute atomic E-state index is 0.000241. The number of fused-ring (bicyclic) bond motifs is 6. The molecular weight excluding hydrogens is 666 g/mol. The summed E-state index contributed by atoms with van der Waals surface area (Å²) < 4.78 is 34.6. The Bertz CT molecular complexity index is 1400. The Labute approximate surface area is 254 Å². The van der Waals surface area contributed by atoms with E-state index in [9.17, 15) is 23.2 Å². The van der Waals surface area contributed by atoms with E-state index in [2.05, 4.69) is 37.2 Å². The number of nitrogens with one attached hydrogen (secondary N) is 1. The number of piperazine rings is 2. The van der Waals surface area contributed by atoms with Crippen molar-refractivity contribution in [3.63, 3.8) is 0 Å². The lowest BCUT2D eigenvalue weighted by Gasteiger charge is -2.44. The number of amides is 3. The molecular formula is C29H32Br2F2N4O4. The van der Waals surface area contributed by atoms with Gasteiger partial charge in [-0.3, -0.25) is 14.5 Å². The van der Waals surface area contributed by atoms with E-state index in [0.717, 1.165) is 16.7 Å². The molecule has 0 aromatic heterocycles. The first-order chi connectivity index (χ1) is 19.4. The van der Waals surface area contributed by atoms with Crippen molar-refractivity contribution in [1.82, 2.24) is 20.0 Å². The summed E-state index contributed by atoms with van der Waals surface area (Å²) in [5, 5.41) is 3.08. The second-order valence-electron chi connectivity index (χ2n) is 11.6. The Morgan fingerprint density at radius 2 is 1.44 bits per heavy atom. The molecule has 1 N–H and O–H groups in total. The molecule has 2 aromatic rings. The summed E-state index contributed by atoms with van der Waals surface area (Å²) in [6.07, 6.45) is 0.568. The van der Waals surface area contributed by atoms with Crippen LogP contribution in [0.25, 0.3) is 0 Å². The molecule has 6 rings (SSSR count). The molecule has 41 heavy (non-hydrogen) atoms. The van der Waals surface area contributed by atoms with Gasteiger partial charge in [-0.2, -0.15) is 0 Å². The molecule has 0 bridgehead atoms. The van der Waals surface area contributed by atoms with E-state index in [4.69, 9.17) is 4.74 Å². The third-order valence-electron chi connectivity index (χ3n) is 7.77. The number of halogens is 4. The van der Waals surface area contributed by atoms with Crippen molar-refractivity contribution in [1.29, 1.82) is 0 Å². The van der Waals surface area contributed by atoms with Crippen LogP contribution in [0, 0.1) is 11.6 Å². The average Bonchev–Trinajstić information content (AvgIpc) is 2.92. The van der Waals surface area contributed by atoms with E-state index in [0.29, 0.717) is 60.1 Å². The largest absolute Gasteiger partial charge is 0.444 e. The van der Waals surface area contributed by atoms with Gasteiger partial charge in [0, 0.05) is 26.2 Å². The monoisotopic (exact) mass is 696 g/mol. The second-order valence-corrected chi connectivity index (χ2v) is 13.3. The Balaban J connectivity index is 0.000000174. The van der Waals surface area contributed by atoms with E-state index >= 15 is 0 Å². The quantitative estimate of drug-likeness (QED) is 0.425. The van der Waals surface area contributed by atoms with Gasteiger partial charge in [0.25, 0.3) is 0 Å². The van der Waals surface area contributed by atoms with E-state index in [1.165, 1.54) is 4.90 Å². The minimum atomic E-state index is -0.626. The third-order valence-corrected chi connectivity index (χ3v) is 8.99. The molecule has 220 valence electrons. The number of rotatable bonds is 0. The first kappa shape index (κ1) is 29.9. The van der Waals surface area contributed by atoms with Gasteiger partial charge in [0.05, 0.1) is 27.6 Å². The Kier molecular flexibility index (Phi) is 8.46. The number of carbonyl (C=O) groups is 3. The van der Waals surface area contributed by atoms with Gasteiger partial charge < -0.3 is 19.9 Å². The van der Waals surface area contributed by atoms with E-state index in [-0.39, 0.29) is 42.1 Å². The molecule has 2 aromatic carbocycles. The molecule has 4 aliphatic rings. The summed E-state index contributed by atoms with van der Waals surface area (Å²) in [5.41, 5.74) is 2.45. The van der Waals surface area contributed by atoms with Crippen LogP contribution in [0.2, 0.25) is 0 Å². The normalized spacial score (nSPS) is 21.7. The van der Waals surface area contributed by atoms with Gasteiger partial charge in [-0.05, 0) is 99.9 Å². The number of carbonyl (C=O) groups excluding carboxylic acids is 3. The summed E-state index contributed by atoms with van der Waals surface area (Å²) in [5.74, 6) is -0.490. The minimum Gasteiger partial charge on any atom is -0.444 e. The highest BCUT2D eigenvalue weighted by Gasteiger charge is 2.41. The summed E-state index contributed by atoms with van der Waals surface area (Å²) >= 11 is 6.41. The number of hydrogen-bond donors (Lipinski definition) is 1. The second kappa shape index (κ2) is 11.6. The number of hydrogen-bond acceptors (Lipinski definition) is 5. The van der Waals surface area contributed by atoms with Crippen molar-refractivity contribution in [2.24, 2.45) is 0 Å². The third kappa shape index (κ3) is 6.01. The zero-order valence-electron chi connectivity index (χ0n) is 23.1. The topological polar surface area (TPSA) is 82.2 Å². The zero-order valence-corrected chi connectivity index (χ0v) is 26.3. The molecule has 2 saturated heterocycles. The fourth-order valence-corrected chi connectivity index (χ4v) is 6.63. The average molecular weight is 698 g/mol. The zero-order chi connectivity index (χ0) is 29.6. The van der Waals surface area contributed by atoms with Gasteiger partial charge in [0.2, 0.25) is 11.8 Å². The highest BCUT2D eigenvalue weighted by atomic mass is 79.9. The van der Waals surface area contributed by atoms with Gasteiger partial charge in [0.1, 0.15) is 23.8 Å². The highest BCUT2D eigenvalue weighted by molar-refractivity contribution is 9.10. The van der Waals surface area contributed by atoms with E-state index in [1.807, 2.05) is 17.0 Å². The van der Waals surface area contributed by atoms with Crippen LogP contribution in [0.4, 0.5) is 13.6 Å². The lowest BCUT2D eigenvalue weighted by atomic mass is 9.90. The van der Waals surface area contributed by atoms with Crippen molar-refractivity contribution in [2.75, 3.05) is 39.3 Å². The van der Waals surface area contributed by atoms with Crippen molar-refractivity contribution >= 4 is 49.8 Å². The molecule has 12 heteroatoms. The Morgan fingerprint density at radius 3 is 2.00 bits per heavy atom. The molecule has 2 atom stereocenters. The summed E-state index contributed by atoms with van der Waals surface area (Å²) in [7, 11) is 0. The van der Waals surface area contributed by atoms with Crippen molar-refractivity contribution in [3.8, 4) is 0 Å². The lowest BCUT2D eigenvalue weighted by Crippen LogP contribution is -2.56. The highest BCUT2D eigenvalue weighted by Crippen LogP contribution is 2.37. The molecule has 0 radical (unpaired) electrons. The smallest absolute Gasteiger partial charge is 0.410 e. The lowest BCUT2D eigenvalue weighted by molar-refractivity contribution is -0.140. The van der Waals surface area contributed by atoms with Crippen LogP contribution < -0.4 is 5.32 Å². The predicted molar refractivity (Wildman–Crippen MR) is 155 cm³/mol. The maximum absolute atomic E-state index is 14.4. The van der Waals surface area contributed by atoms with Crippen molar-refractivity contribution < 1.29 is 27.9 Å². The van der Waals surface area contributed by atoms with Crippen LogP contribution in [0.5, 0.6) is 0 Å². The number of benzene rings is 2. The maximum atomic E-state index is 14.4. The molecule has 2 fully saturated rings. The number of nitrogens with zero attached hydrogens (tertiary/aromatic N) is 3. The summed E-state index contributed by atoms with van der Waals surface area (Å²) in [4.78, 5) is 41.5. The van der Waals surface area contributed by atoms with Gasteiger partial charge in [0.15, 0.2) is 0 Å². The fraction of sp³-hybridized carbons (Fsp3) is 0.483. The molecule has 4 heterocycles. The van der Waals surface area contributed by atoms with Crippen LogP contribution in [-0.2, 0) is 27.2 Å². The van der Waals surface area contributed by atoms with Gasteiger partial charge >= 0.3 is 6.09 Å². The first-order valence-electron chi connectivity index (χ1n) is 13.6. The van der Waals surface area contributed by atoms with Crippen LogP contribution >= 0.6 is 31.9 Å². The van der Waals surface area contributed by atoms with Crippen molar-refractivity contribution in [3.05, 3.63) is 67.1 Å². The Morgan fingerprint density at radius 1 is 0.902 bits per heavy atom. The molecule has 3 amide bonds. The molecule has 8 nitrogen and oxygen atoms in total. The molecule has 4 aliphatic heterocycles. The summed E-state index contributed by atoms with van der Waals surface area (Å²) in [6.45, 7) is 7.85.